The average molecular weight is 268 g/mol. The third-order valence-electron chi connectivity index (χ3n) is 2.83. The van der Waals surface area contributed by atoms with Crippen molar-refractivity contribution in [1.82, 2.24) is 9.78 Å². The molecule has 1 fully saturated rings. The highest BCUT2D eigenvalue weighted by Gasteiger charge is 2.16. The average Bonchev–Trinajstić information content (AvgIpc) is 3.02. The molecule has 1 unspecified atom stereocenters. The molecule has 7 heteroatoms. The molecule has 1 aromatic rings. The van der Waals surface area contributed by atoms with Crippen molar-refractivity contribution in [2.45, 2.75) is 25.5 Å². The molecule has 1 amide bonds. The van der Waals surface area contributed by atoms with Gasteiger partial charge in [0.25, 0.3) is 0 Å². The van der Waals surface area contributed by atoms with Crippen LogP contribution in [0.15, 0.2) is 12.4 Å². The minimum Gasteiger partial charge on any atom is -0.376 e. The Labute approximate surface area is 112 Å². The van der Waals surface area contributed by atoms with E-state index in [0.29, 0.717) is 18.8 Å². The van der Waals surface area contributed by atoms with Gasteiger partial charge in [-0.1, -0.05) is 0 Å². The molecule has 1 aromatic heterocycles. The number of hydrogen-bond acceptors (Lipinski definition) is 5. The second kappa shape index (κ2) is 7.22. The summed E-state index contributed by atoms with van der Waals surface area (Å²) in [5.41, 5.74) is 5.93. The predicted octanol–water partition coefficient (Wildman–Crippen LogP) is -0.0241. The van der Waals surface area contributed by atoms with Crippen LogP contribution < -0.4 is 11.1 Å². The molecule has 0 aliphatic carbocycles. The van der Waals surface area contributed by atoms with E-state index >= 15 is 0 Å². The molecule has 19 heavy (non-hydrogen) atoms. The number of aromatic nitrogens is 2. The van der Waals surface area contributed by atoms with E-state index < -0.39 is 0 Å². The van der Waals surface area contributed by atoms with E-state index in [1.807, 2.05) is 0 Å². The first-order valence-corrected chi connectivity index (χ1v) is 6.49. The van der Waals surface area contributed by atoms with Crippen molar-refractivity contribution in [2.75, 3.05) is 31.7 Å². The molecule has 2 rings (SSSR count). The summed E-state index contributed by atoms with van der Waals surface area (Å²) in [7, 11) is 0. The smallest absolute Gasteiger partial charge is 0.250 e. The minimum atomic E-state index is -0.204. The van der Waals surface area contributed by atoms with Crippen LogP contribution in [0.4, 0.5) is 5.69 Å². The van der Waals surface area contributed by atoms with Gasteiger partial charge in [-0.05, 0) is 12.8 Å². The summed E-state index contributed by atoms with van der Waals surface area (Å²) in [6.07, 6.45) is 5.82. The van der Waals surface area contributed by atoms with Crippen LogP contribution in [0.25, 0.3) is 0 Å². The fourth-order valence-electron chi connectivity index (χ4n) is 1.97. The van der Waals surface area contributed by atoms with Crippen molar-refractivity contribution in [3.63, 3.8) is 0 Å². The van der Waals surface area contributed by atoms with E-state index in [2.05, 4.69) is 10.4 Å². The summed E-state index contributed by atoms with van der Waals surface area (Å²) in [5.74, 6) is -0.204. The number of ether oxygens (including phenoxy) is 2. The second-order valence-corrected chi connectivity index (χ2v) is 4.48. The van der Waals surface area contributed by atoms with Gasteiger partial charge in [0.05, 0.1) is 31.1 Å². The molecule has 0 spiro atoms. The number of rotatable bonds is 7. The molecule has 0 bridgehead atoms. The summed E-state index contributed by atoms with van der Waals surface area (Å²) in [5, 5.41) is 6.91. The number of amides is 1. The molecular formula is C12H20N4O3. The van der Waals surface area contributed by atoms with Gasteiger partial charge >= 0.3 is 0 Å². The van der Waals surface area contributed by atoms with Gasteiger partial charge < -0.3 is 20.5 Å². The molecule has 0 aromatic carbocycles. The van der Waals surface area contributed by atoms with Crippen LogP contribution >= 0.6 is 0 Å². The maximum atomic E-state index is 11.5. The summed E-state index contributed by atoms with van der Waals surface area (Å²) < 4.78 is 12.4. The van der Waals surface area contributed by atoms with E-state index in [9.17, 15) is 4.79 Å². The lowest BCUT2D eigenvalue weighted by Crippen LogP contribution is -2.20. The summed E-state index contributed by atoms with van der Waals surface area (Å²) >= 11 is 0. The molecule has 1 aliphatic heterocycles. The van der Waals surface area contributed by atoms with Crippen molar-refractivity contribution in [3.05, 3.63) is 12.4 Å². The number of anilines is 1. The van der Waals surface area contributed by atoms with Crippen LogP contribution in [0.1, 0.15) is 12.8 Å². The van der Waals surface area contributed by atoms with Gasteiger partial charge in [-0.25, -0.2) is 0 Å². The Morgan fingerprint density at radius 3 is 3.32 bits per heavy atom. The van der Waals surface area contributed by atoms with Gasteiger partial charge in [0.15, 0.2) is 0 Å². The number of hydrogen-bond donors (Lipinski definition) is 2. The third-order valence-corrected chi connectivity index (χ3v) is 2.83. The largest absolute Gasteiger partial charge is 0.376 e. The van der Waals surface area contributed by atoms with Crippen LogP contribution in [0.2, 0.25) is 0 Å². The van der Waals surface area contributed by atoms with E-state index in [0.717, 1.165) is 26.0 Å². The second-order valence-electron chi connectivity index (χ2n) is 4.48. The van der Waals surface area contributed by atoms with Gasteiger partial charge in [-0.15, -0.1) is 0 Å². The lowest BCUT2D eigenvalue weighted by Gasteiger charge is -2.08. The Bertz CT molecular complexity index is 401. The fraction of sp³-hybridized carbons (Fsp3) is 0.667. The monoisotopic (exact) mass is 268 g/mol. The van der Waals surface area contributed by atoms with Crippen molar-refractivity contribution in [3.8, 4) is 0 Å². The summed E-state index contributed by atoms with van der Waals surface area (Å²) in [4.78, 5) is 11.5. The molecule has 3 N–H and O–H groups in total. The van der Waals surface area contributed by atoms with Gasteiger partial charge in [0.1, 0.15) is 6.61 Å². The highest BCUT2D eigenvalue weighted by atomic mass is 16.5. The molecule has 1 aliphatic rings. The molecule has 2 heterocycles. The SMILES string of the molecule is NCCOCC(=O)Nc1cnn(CC2CCCO2)c1. The molecule has 0 radical (unpaired) electrons. The Morgan fingerprint density at radius 2 is 2.58 bits per heavy atom. The highest BCUT2D eigenvalue weighted by molar-refractivity contribution is 5.91. The van der Waals surface area contributed by atoms with Crippen LogP contribution in [0, 0.1) is 0 Å². The van der Waals surface area contributed by atoms with Gasteiger partial charge in [0, 0.05) is 19.3 Å². The van der Waals surface area contributed by atoms with E-state index in [4.69, 9.17) is 15.2 Å². The molecule has 0 saturated carbocycles. The quantitative estimate of drug-likeness (QED) is 0.678. The highest BCUT2D eigenvalue weighted by Crippen LogP contribution is 2.14. The van der Waals surface area contributed by atoms with E-state index in [-0.39, 0.29) is 18.6 Å². The van der Waals surface area contributed by atoms with Crippen LogP contribution in [-0.4, -0.2) is 48.2 Å². The van der Waals surface area contributed by atoms with Gasteiger partial charge in [-0.3, -0.25) is 9.48 Å². The molecule has 7 nitrogen and oxygen atoms in total. The van der Waals surface area contributed by atoms with Crippen molar-refractivity contribution < 1.29 is 14.3 Å². The maximum absolute atomic E-state index is 11.5. The zero-order valence-corrected chi connectivity index (χ0v) is 10.9. The summed E-state index contributed by atoms with van der Waals surface area (Å²) in [6, 6.07) is 0. The lowest BCUT2D eigenvalue weighted by atomic mass is 10.2. The Balaban J connectivity index is 1.75. The van der Waals surface area contributed by atoms with Crippen molar-refractivity contribution in [1.29, 1.82) is 0 Å². The number of nitrogens with one attached hydrogen (secondary N) is 1. The van der Waals surface area contributed by atoms with Crippen LogP contribution in [0.3, 0.4) is 0 Å². The number of nitrogens with zero attached hydrogens (tertiary/aromatic N) is 2. The number of carbonyl (C=O) groups is 1. The number of carbonyl (C=O) groups excluding carboxylic acids is 1. The van der Waals surface area contributed by atoms with Gasteiger partial charge in [-0.2, -0.15) is 5.10 Å². The molecule has 1 atom stereocenters. The maximum Gasteiger partial charge on any atom is 0.250 e. The molecule has 106 valence electrons. The van der Waals surface area contributed by atoms with Gasteiger partial charge in [0.2, 0.25) is 5.91 Å². The fourth-order valence-corrected chi connectivity index (χ4v) is 1.97. The van der Waals surface area contributed by atoms with E-state index in [1.54, 1.807) is 17.1 Å². The topological polar surface area (TPSA) is 91.4 Å². The lowest BCUT2D eigenvalue weighted by molar-refractivity contribution is -0.120. The number of nitrogens with two attached hydrogens (primary N) is 1. The van der Waals surface area contributed by atoms with Crippen molar-refractivity contribution >= 4 is 11.6 Å². The zero-order chi connectivity index (χ0) is 13.5. The first-order valence-electron chi connectivity index (χ1n) is 6.49. The Hall–Kier alpha value is -1.44. The first-order chi connectivity index (χ1) is 9.28. The van der Waals surface area contributed by atoms with Crippen LogP contribution in [0.5, 0.6) is 0 Å². The third kappa shape index (κ3) is 4.62. The first kappa shape index (κ1) is 14.0. The minimum absolute atomic E-state index is 0.00805. The summed E-state index contributed by atoms with van der Waals surface area (Å²) in [6.45, 7) is 2.35. The van der Waals surface area contributed by atoms with Crippen molar-refractivity contribution in [2.24, 2.45) is 5.73 Å². The Morgan fingerprint density at radius 1 is 1.68 bits per heavy atom. The van der Waals surface area contributed by atoms with E-state index in [1.165, 1.54) is 0 Å². The normalized spacial score (nSPS) is 18.7. The predicted molar refractivity (Wildman–Crippen MR) is 69.7 cm³/mol. The zero-order valence-electron chi connectivity index (χ0n) is 10.9. The standard InChI is InChI=1S/C12H20N4O3/c13-3-5-18-9-12(17)15-10-6-14-16(7-10)8-11-2-1-4-19-11/h6-7,11H,1-5,8-9,13H2,(H,15,17). The van der Waals surface area contributed by atoms with Crippen LogP contribution in [-0.2, 0) is 20.8 Å². The molecule has 1 saturated heterocycles. The molecular weight excluding hydrogens is 248 g/mol. The Kier molecular flexibility index (Phi) is 5.31.